The maximum absolute atomic E-state index is 5.66. The number of thiazole rings is 1. The maximum Gasteiger partial charge on any atom is 0.186 e. The molecule has 0 unspecified atom stereocenters. The van der Waals surface area contributed by atoms with Crippen LogP contribution >= 0.6 is 11.3 Å². The molecule has 1 aliphatic rings. The Labute approximate surface area is 94.1 Å². The highest BCUT2D eigenvalue weighted by Gasteiger charge is 2.17. The Morgan fingerprint density at radius 2 is 2.33 bits per heavy atom. The lowest BCUT2D eigenvalue weighted by Gasteiger charge is -2.26. The normalized spacial score (nSPS) is 17.9. The minimum Gasteiger partial charge on any atom is -0.389 e. The number of nitrogens with zero attached hydrogens (tertiary/aromatic N) is 2. The number of anilines is 2. The molecule has 0 atom stereocenters. The van der Waals surface area contributed by atoms with Gasteiger partial charge >= 0.3 is 0 Å². The topological polar surface area (TPSA) is 51.4 Å². The average molecular weight is 227 g/mol. The standard InChI is InChI=1S/C10H17N3OS/c1-13(10-12-6-9(11)15-10)7-8-2-4-14-5-3-8/h6,8H,2-5,7,11H2,1H3. The summed E-state index contributed by atoms with van der Waals surface area (Å²) in [4.78, 5) is 6.46. The second-order valence-corrected chi connectivity index (χ2v) is 5.02. The van der Waals surface area contributed by atoms with Gasteiger partial charge in [-0.3, -0.25) is 0 Å². The first-order chi connectivity index (χ1) is 7.25. The smallest absolute Gasteiger partial charge is 0.186 e. The van der Waals surface area contributed by atoms with Crippen molar-refractivity contribution in [3.8, 4) is 0 Å². The molecule has 0 aliphatic carbocycles. The van der Waals surface area contributed by atoms with Crippen LogP contribution in [0.25, 0.3) is 0 Å². The number of nitrogen functional groups attached to an aromatic ring is 1. The van der Waals surface area contributed by atoms with Gasteiger partial charge in [0.1, 0.15) is 5.00 Å². The molecular weight excluding hydrogens is 210 g/mol. The third kappa shape index (κ3) is 2.82. The summed E-state index contributed by atoms with van der Waals surface area (Å²) in [5, 5.41) is 1.79. The molecule has 5 heteroatoms. The van der Waals surface area contributed by atoms with E-state index in [0.717, 1.165) is 48.7 Å². The van der Waals surface area contributed by atoms with Crippen molar-refractivity contribution in [1.29, 1.82) is 0 Å². The lowest BCUT2D eigenvalue weighted by atomic mass is 10.0. The van der Waals surface area contributed by atoms with Crippen molar-refractivity contribution >= 4 is 21.5 Å². The second kappa shape index (κ2) is 4.81. The van der Waals surface area contributed by atoms with E-state index in [2.05, 4.69) is 16.9 Å². The highest BCUT2D eigenvalue weighted by Crippen LogP contribution is 2.25. The Hall–Kier alpha value is -0.810. The molecule has 1 saturated heterocycles. The number of rotatable bonds is 3. The Morgan fingerprint density at radius 3 is 2.93 bits per heavy atom. The fourth-order valence-corrected chi connectivity index (χ4v) is 2.50. The van der Waals surface area contributed by atoms with Crippen molar-refractivity contribution in [1.82, 2.24) is 4.98 Å². The van der Waals surface area contributed by atoms with E-state index in [9.17, 15) is 0 Å². The Morgan fingerprint density at radius 1 is 1.60 bits per heavy atom. The lowest BCUT2D eigenvalue weighted by molar-refractivity contribution is 0.0685. The molecule has 84 valence electrons. The average Bonchev–Trinajstić information content (AvgIpc) is 2.66. The van der Waals surface area contributed by atoms with Crippen molar-refractivity contribution in [2.45, 2.75) is 12.8 Å². The monoisotopic (exact) mass is 227 g/mol. The van der Waals surface area contributed by atoms with Crippen molar-refractivity contribution in [2.75, 3.05) is 37.4 Å². The van der Waals surface area contributed by atoms with Gasteiger partial charge in [0.2, 0.25) is 0 Å². The molecule has 0 aromatic carbocycles. The molecule has 0 spiro atoms. The number of hydrogen-bond acceptors (Lipinski definition) is 5. The van der Waals surface area contributed by atoms with Crippen molar-refractivity contribution in [3.05, 3.63) is 6.20 Å². The molecule has 15 heavy (non-hydrogen) atoms. The van der Waals surface area contributed by atoms with E-state index in [1.807, 2.05) is 0 Å². The van der Waals surface area contributed by atoms with E-state index in [1.54, 1.807) is 17.5 Å². The predicted octanol–water partition coefficient (Wildman–Crippen LogP) is 1.59. The summed E-state index contributed by atoms with van der Waals surface area (Å²) in [7, 11) is 2.08. The van der Waals surface area contributed by atoms with E-state index < -0.39 is 0 Å². The zero-order valence-electron chi connectivity index (χ0n) is 8.98. The summed E-state index contributed by atoms with van der Waals surface area (Å²) in [6.45, 7) is 2.85. The summed E-state index contributed by atoms with van der Waals surface area (Å²) in [5.74, 6) is 0.730. The molecular formula is C10H17N3OS. The number of aromatic nitrogens is 1. The predicted molar refractivity (Wildman–Crippen MR) is 63.3 cm³/mol. The molecule has 1 fully saturated rings. The van der Waals surface area contributed by atoms with E-state index in [0.29, 0.717) is 0 Å². The third-order valence-corrected chi connectivity index (χ3v) is 3.65. The first kappa shape index (κ1) is 10.7. The van der Waals surface area contributed by atoms with Crippen LogP contribution in [-0.4, -0.2) is 31.8 Å². The number of hydrogen-bond donors (Lipinski definition) is 1. The first-order valence-electron chi connectivity index (χ1n) is 5.26. The van der Waals surface area contributed by atoms with Gasteiger partial charge in [0.15, 0.2) is 5.13 Å². The minimum atomic E-state index is 0.730. The van der Waals surface area contributed by atoms with Gasteiger partial charge in [-0.05, 0) is 18.8 Å². The Bertz CT molecular complexity index is 309. The fraction of sp³-hybridized carbons (Fsp3) is 0.700. The van der Waals surface area contributed by atoms with Gasteiger partial charge in [-0.15, -0.1) is 0 Å². The Balaban J connectivity index is 1.88. The summed E-state index contributed by atoms with van der Waals surface area (Å²) in [5.41, 5.74) is 5.66. The molecule has 1 aromatic heterocycles. The largest absolute Gasteiger partial charge is 0.389 e. The maximum atomic E-state index is 5.66. The highest BCUT2D eigenvalue weighted by molar-refractivity contribution is 7.19. The molecule has 0 radical (unpaired) electrons. The SMILES string of the molecule is CN(CC1CCOCC1)c1ncc(N)s1. The number of nitrogens with two attached hydrogens (primary N) is 1. The van der Waals surface area contributed by atoms with E-state index in [4.69, 9.17) is 10.5 Å². The van der Waals surface area contributed by atoms with Crippen LogP contribution in [0.2, 0.25) is 0 Å². The minimum absolute atomic E-state index is 0.730. The van der Waals surface area contributed by atoms with Crippen molar-refractivity contribution in [3.63, 3.8) is 0 Å². The van der Waals surface area contributed by atoms with Gasteiger partial charge < -0.3 is 15.4 Å². The van der Waals surface area contributed by atoms with Crippen molar-refractivity contribution < 1.29 is 4.74 Å². The second-order valence-electron chi connectivity index (χ2n) is 3.98. The van der Waals surface area contributed by atoms with Crippen LogP contribution in [0, 0.1) is 5.92 Å². The van der Waals surface area contributed by atoms with E-state index in [-0.39, 0.29) is 0 Å². The summed E-state index contributed by atoms with van der Waals surface area (Å²) in [6, 6.07) is 0. The quantitative estimate of drug-likeness (QED) is 0.852. The molecule has 2 rings (SSSR count). The molecule has 1 aliphatic heterocycles. The summed E-state index contributed by atoms with van der Waals surface area (Å²) in [6.07, 6.45) is 4.04. The van der Waals surface area contributed by atoms with E-state index >= 15 is 0 Å². The van der Waals surface area contributed by atoms with Crippen LogP contribution in [0.3, 0.4) is 0 Å². The number of ether oxygens (including phenoxy) is 1. The summed E-state index contributed by atoms with van der Waals surface area (Å²) < 4.78 is 5.34. The van der Waals surface area contributed by atoms with Crippen LogP contribution in [0.15, 0.2) is 6.20 Å². The molecule has 0 amide bonds. The van der Waals surface area contributed by atoms with Gasteiger partial charge in [-0.25, -0.2) is 4.98 Å². The highest BCUT2D eigenvalue weighted by atomic mass is 32.1. The fourth-order valence-electron chi connectivity index (χ4n) is 1.85. The van der Waals surface area contributed by atoms with Gasteiger partial charge in [-0.2, -0.15) is 0 Å². The molecule has 4 nitrogen and oxygen atoms in total. The van der Waals surface area contributed by atoms with E-state index in [1.165, 1.54) is 0 Å². The lowest BCUT2D eigenvalue weighted by Crippen LogP contribution is -2.29. The van der Waals surface area contributed by atoms with Crippen molar-refractivity contribution in [2.24, 2.45) is 5.92 Å². The molecule has 2 heterocycles. The summed E-state index contributed by atoms with van der Waals surface area (Å²) >= 11 is 1.55. The molecule has 0 saturated carbocycles. The first-order valence-corrected chi connectivity index (χ1v) is 6.07. The zero-order valence-corrected chi connectivity index (χ0v) is 9.80. The third-order valence-electron chi connectivity index (χ3n) is 2.71. The van der Waals surface area contributed by atoms with Crippen LogP contribution in [-0.2, 0) is 4.74 Å². The van der Waals surface area contributed by atoms with Crippen LogP contribution in [0.5, 0.6) is 0 Å². The van der Waals surface area contributed by atoms with Crippen LogP contribution in [0.4, 0.5) is 10.1 Å². The van der Waals surface area contributed by atoms with Gasteiger partial charge in [0.25, 0.3) is 0 Å². The molecule has 0 bridgehead atoms. The van der Waals surface area contributed by atoms with Gasteiger partial charge in [0, 0.05) is 26.8 Å². The molecule has 1 aromatic rings. The zero-order chi connectivity index (χ0) is 10.7. The van der Waals surface area contributed by atoms with Crippen LogP contribution < -0.4 is 10.6 Å². The Kier molecular flexibility index (Phi) is 3.43. The van der Waals surface area contributed by atoms with Gasteiger partial charge in [0.05, 0.1) is 6.20 Å². The molecule has 2 N–H and O–H groups in total. The van der Waals surface area contributed by atoms with Gasteiger partial charge in [-0.1, -0.05) is 11.3 Å². The van der Waals surface area contributed by atoms with Crippen LogP contribution in [0.1, 0.15) is 12.8 Å².